The third-order valence-electron chi connectivity index (χ3n) is 3.28. The second-order valence-electron chi connectivity index (χ2n) is 5.95. The second kappa shape index (κ2) is 8.10. The number of hydrogen-bond acceptors (Lipinski definition) is 3. The van der Waals surface area contributed by atoms with Gasteiger partial charge in [0.15, 0.2) is 0 Å². The number of nitrogens with two attached hydrogens (primary N) is 1. The van der Waals surface area contributed by atoms with Crippen molar-refractivity contribution in [3.05, 3.63) is 35.6 Å². The summed E-state index contributed by atoms with van der Waals surface area (Å²) >= 11 is 0. The first kappa shape index (κ1) is 17.6. The fourth-order valence-electron chi connectivity index (χ4n) is 2.18. The van der Waals surface area contributed by atoms with Gasteiger partial charge in [-0.1, -0.05) is 26.0 Å². The topological polar surface area (TPSA) is 75.4 Å². The summed E-state index contributed by atoms with van der Waals surface area (Å²) in [5.41, 5.74) is 6.44. The highest BCUT2D eigenvalue weighted by atomic mass is 19.1. The van der Waals surface area contributed by atoms with Crippen LogP contribution in [-0.2, 0) is 4.79 Å². The highest BCUT2D eigenvalue weighted by Crippen LogP contribution is 2.18. The van der Waals surface area contributed by atoms with Crippen LogP contribution in [0.4, 0.5) is 4.39 Å². The standard InChI is InChI=1S/C16H25FN2O2/c1-10(2)8-14(18)16(21)19-11(3)9-15(20)12-4-6-13(17)7-5-12/h4-7,10-11,14-15,20H,8-9,18H2,1-3H3,(H,19,21)/t11?,14-,15?/m0/s1. The van der Waals surface area contributed by atoms with Crippen LogP contribution < -0.4 is 11.1 Å². The van der Waals surface area contributed by atoms with Crippen molar-refractivity contribution in [2.24, 2.45) is 11.7 Å². The van der Waals surface area contributed by atoms with E-state index in [1.54, 1.807) is 12.1 Å². The fraction of sp³-hybridized carbons (Fsp3) is 0.562. The van der Waals surface area contributed by atoms with Crippen LogP contribution in [0, 0.1) is 11.7 Å². The molecule has 0 radical (unpaired) electrons. The largest absolute Gasteiger partial charge is 0.388 e. The Hall–Kier alpha value is -1.46. The van der Waals surface area contributed by atoms with Crippen LogP contribution in [0.2, 0.25) is 0 Å². The van der Waals surface area contributed by atoms with Crippen molar-refractivity contribution >= 4 is 5.91 Å². The number of nitrogens with one attached hydrogen (secondary N) is 1. The van der Waals surface area contributed by atoms with Gasteiger partial charge in [-0.05, 0) is 43.4 Å². The first-order valence-electron chi connectivity index (χ1n) is 7.29. The molecule has 0 heterocycles. The van der Waals surface area contributed by atoms with Crippen molar-refractivity contribution in [1.29, 1.82) is 0 Å². The molecule has 0 bridgehead atoms. The average molecular weight is 296 g/mol. The van der Waals surface area contributed by atoms with Gasteiger partial charge in [-0.15, -0.1) is 0 Å². The van der Waals surface area contributed by atoms with E-state index in [0.29, 0.717) is 24.3 Å². The Morgan fingerprint density at radius 3 is 2.33 bits per heavy atom. The summed E-state index contributed by atoms with van der Waals surface area (Å²) in [6, 6.07) is 4.95. The van der Waals surface area contributed by atoms with Crippen LogP contribution in [0.25, 0.3) is 0 Å². The molecule has 4 nitrogen and oxygen atoms in total. The van der Waals surface area contributed by atoms with Crippen molar-refractivity contribution in [3.8, 4) is 0 Å². The van der Waals surface area contributed by atoms with E-state index < -0.39 is 12.1 Å². The first-order valence-corrected chi connectivity index (χ1v) is 7.29. The summed E-state index contributed by atoms with van der Waals surface area (Å²) in [5, 5.41) is 12.9. The van der Waals surface area contributed by atoms with Gasteiger partial charge >= 0.3 is 0 Å². The van der Waals surface area contributed by atoms with E-state index in [-0.39, 0.29) is 17.8 Å². The summed E-state index contributed by atoms with van der Waals surface area (Å²) in [4.78, 5) is 11.9. The van der Waals surface area contributed by atoms with Crippen LogP contribution in [-0.4, -0.2) is 23.1 Å². The predicted octanol–water partition coefficient (Wildman–Crippen LogP) is 2.13. The minimum atomic E-state index is -0.748. The number of carbonyl (C=O) groups excluding carboxylic acids is 1. The maximum atomic E-state index is 12.8. The van der Waals surface area contributed by atoms with E-state index in [9.17, 15) is 14.3 Å². The zero-order valence-electron chi connectivity index (χ0n) is 12.8. The molecule has 1 rings (SSSR count). The lowest BCUT2D eigenvalue weighted by atomic mass is 10.0. The lowest BCUT2D eigenvalue weighted by Gasteiger charge is -2.21. The number of carbonyl (C=O) groups is 1. The zero-order chi connectivity index (χ0) is 16.0. The molecule has 4 N–H and O–H groups in total. The highest BCUT2D eigenvalue weighted by molar-refractivity contribution is 5.81. The first-order chi connectivity index (χ1) is 9.79. The third kappa shape index (κ3) is 6.23. The molecule has 21 heavy (non-hydrogen) atoms. The molecule has 0 fully saturated rings. The molecular weight excluding hydrogens is 271 g/mol. The summed E-state index contributed by atoms with van der Waals surface area (Å²) in [6.45, 7) is 5.83. The normalized spacial score (nSPS) is 15.6. The van der Waals surface area contributed by atoms with Gasteiger partial charge in [-0.25, -0.2) is 4.39 Å². The number of amides is 1. The predicted molar refractivity (Wildman–Crippen MR) is 81.0 cm³/mol. The highest BCUT2D eigenvalue weighted by Gasteiger charge is 2.19. The number of hydrogen-bond donors (Lipinski definition) is 3. The molecule has 0 aliphatic rings. The minimum absolute atomic E-state index is 0.206. The van der Waals surface area contributed by atoms with Crippen molar-refractivity contribution in [1.82, 2.24) is 5.32 Å². The maximum Gasteiger partial charge on any atom is 0.237 e. The Morgan fingerprint density at radius 1 is 1.24 bits per heavy atom. The summed E-state index contributed by atoms with van der Waals surface area (Å²) in [6.07, 6.45) is 0.229. The average Bonchev–Trinajstić information content (AvgIpc) is 2.38. The van der Waals surface area contributed by atoms with Crippen molar-refractivity contribution < 1.29 is 14.3 Å². The number of rotatable bonds is 7. The molecule has 0 aliphatic carbocycles. The molecule has 0 spiro atoms. The molecular formula is C16H25FN2O2. The lowest BCUT2D eigenvalue weighted by molar-refractivity contribution is -0.123. The Bertz CT molecular complexity index is 448. The number of aliphatic hydroxyl groups excluding tert-OH is 1. The van der Waals surface area contributed by atoms with Crippen LogP contribution in [0.5, 0.6) is 0 Å². The second-order valence-corrected chi connectivity index (χ2v) is 5.95. The van der Waals surface area contributed by atoms with Crippen LogP contribution in [0.15, 0.2) is 24.3 Å². The zero-order valence-corrected chi connectivity index (χ0v) is 12.8. The summed E-state index contributed by atoms with van der Waals surface area (Å²) in [5.74, 6) is -0.194. The van der Waals surface area contributed by atoms with E-state index in [4.69, 9.17) is 5.73 Å². The van der Waals surface area contributed by atoms with Gasteiger partial charge in [0.25, 0.3) is 0 Å². The number of aliphatic hydroxyl groups is 1. The van der Waals surface area contributed by atoms with Gasteiger partial charge in [-0.2, -0.15) is 0 Å². The van der Waals surface area contributed by atoms with Crippen molar-refractivity contribution in [2.45, 2.75) is 51.8 Å². The molecule has 0 aliphatic heterocycles. The Kier molecular flexibility index (Phi) is 6.78. The smallest absolute Gasteiger partial charge is 0.237 e. The van der Waals surface area contributed by atoms with Crippen LogP contribution >= 0.6 is 0 Å². The Morgan fingerprint density at radius 2 is 1.81 bits per heavy atom. The van der Waals surface area contributed by atoms with E-state index in [2.05, 4.69) is 5.32 Å². The van der Waals surface area contributed by atoms with E-state index in [0.717, 1.165) is 0 Å². The molecule has 3 atom stereocenters. The Balaban J connectivity index is 2.47. The molecule has 1 amide bonds. The van der Waals surface area contributed by atoms with Crippen molar-refractivity contribution in [3.63, 3.8) is 0 Å². The van der Waals surface area contributed by atoms with Gasteiger partial charge in [0.1, 0.15) is 5.82 Å². The monoisotopic (exact) mass is 296 g/mol. The fourth-order valence-corrected chi connectivity index (χ4v) is 2.18. The van der Waals surface area contributed by atoms with Gasteiger partial charge < -0.3 is 16.2 Å². The molecule has 5 heteroatoms. The molecule has 1 aromatic rings. The van der Waals surface area contributed by atoms with Gasteiger partial charge in [-0.3, -0.25) is 4.79 Å². The van der Waals surface area contributed by atoms with Gasteiger partial charge in [0.2, 0.25) is 5.91 Å². The molecule has 118 valence electrons. The number of halogens is 1. The SMILES string of the molecule is CC(C)C[C@H](N)C(=O)NC(C)CC(O)c1ccc(F)cc1. The summed E-state index contributed by atoms with van der Waals surface area (Å²) < 4.78 is 12.8. The molecule has 0 aromatic heterocycles. The maximum absolute atomic E-state index is 12.8. The minimum Gasteiger partial charge on any atom is -0.388 e. The molecule has 0 saturated heterocycles. The van der Waals surface area contributed by atoms with Gasteiger partial charge in [0.05, 0.1) is 12.1 Å². The Labute approximate surface area is 125 Å². The van der Waals surface area contributed by atoms with Crippen LogP contribution in [0.3, 0.4) is 0 Å². The third-order valence-corrected chi connectivity index (χ3v) is 3.28. The lowest BCUT2D eigenvalue weighted by Crippen LogP contribution is -2.45. The van der Waals surface area contributed by atoms with E-state index in [1.807, 2.05) is 20.8 Å². The molecule has 2 unspecified atom stereocenters. The van der Waals surface area contributed by atoms with Gasteiger partial charge in [0, 0.05) is 6.04 Å². The van der Waals surface area contributed by atoms with E-state index in [1.165, 1.54) is 12.1 Å². The van der Waals surface area contributed by atoms with Crippen molar-refractivity contribution in [2.75, 3.05) is 0 Å². The number of benzene rings is 1. The quantitative estimate of drug-likeness (QED) is 0.721. The molecule has 1 aromatic carbocycles. The van der Waals surface area contributed by atoms with Crippen LogP contribution in [0.1, 0.15) is 45.3 Å². The summed E-state index contributed by atoms with van der Waals surface area (Å²) in [7, 11) is 0. The molecule has 0 saturated carbocycles. The van der Waals surface area contributed by atoms with E-state index >= 15 is 0 Å².